The molecule has 1 aliphatic rings. The number of halogens is 1. The Kier molecular flexibility index (Phi) is 6.04. The van der Waals surface area contributed by atoms with Gasteiger partial charge in [0, 0.05) is 23.8 Å². The van der Waals surface area contributed by atoms with Crippen LogP contribution in [0.4, 0.5) is 5.69 Å². The largest absolute Gasteiger partial charge is 0.483 e. The molecule has 0 aliphatic carbocycles. The minimum atomic E-state index is -3.47. The third-order valence-corrected chi connectivity index (χ3v) is 6.48. The molecule has 1 saturated heterocycles. The van der Waals surface area contributed by atoms with Crippen LogP contribution in [0.2, 0.25) is 5.02 Å². The van der Waals surface area contributed by atoms with Crippen LogP contribution < -0.4 is 10.1 Å². The number of carbonyl (C=O) groups is 1. The number of aryl methyl sites for hydroxylation is 1. The zero-order valence-electron chi connectivity index (χ0n) is 14.9. The second-order valence-electron chi connectivity index (χ2n) is 6.38. The molecule has 1 amide bonds. The minimum absolute atomic E-state index is 0.179. The summed E-state index contributed by atoms with van der Waals surface area (Å²) in [5.41, 5.74) is 1.28. The maximum absolute atomic E-state index is 12.6. The number of sulfonamides is 1. The standard InChI is InChI=1S/C19H21ClN2O4S/c1-14-12-17(27(24,25)22-10-2-3-11-22)8-9-18(14)26-13-19(23)21-16-6-4-15(20)5-7-16/h4-9,12H,2-3,10-11,13H2,1H3,(H,21,23). The van der Waals surface area contributed by atoms with Crippen molar-refractivity contribution in [2.24, 2.45) is 0 Å². The average molecular weight is 409 g/mol. The van der Waals surface area contributed by atoms with Gasteiger partial charge in [-0.2, -0.15) is 4.31 Å². The van der Waals surface area contributed by atoms with Crippen molar-refractivity contribution in [3.05, 3.63) is 53.1 Å². The minimum Gasteiger partial charge on any atom is -0.483 e. The number of hydrogen-bond donors (Lipinski definition) is 1. The van der Waals surface area contributed by atoms with Crippen molar-refractivity contribution in [3.8, 4) is 5.75 Å². The predicted molar refractivity (Wildman–Crippen MR) is 105 cm³/mol. The summed E-state index contributed by atoms with van der Waals surface area (Å²) in [7, 11) is -3.47. The smallest absolute Gasteiger partial charge is 0.262 e. The average Bonchev–Trinajstić information content (AvgIpc) is 3.18. The van der Waals surface area contributed by atoms with E-state index in [9.17, 15) is 13.2 Å². The highest BCUT2D eigenvalue weighted by atomic mass is 35.5. The quantitative estimate of drug-likeness (QED) is 0.794. The van der Waals surface area contributed by atoms with Gasteiger partial charge < -0.3 is 10.1 Å². The van der Waals surface area contributed by atoms with Crippen molar-refractivity contribution in [1.29, 1.82) is 0 Å². The van der Waals surface area contributed by atoms with Crippen LogP contribution in [0, 0.1) is 6.92 Å². The van der Waals surface area contributed by atoms with Gasteiger partial charge in [0.05, 0.1) is 4.90 Å². The van der Waals surface area contributed by atoms with E-state index in [4.69, 9.17) is 16.3 Å². The van der Waals surface area contributed by atoms with E-state index in [0.717, 1.165) is 12.8 Å². The lowest BCUT2D eigenvalue weighted by Gasteiger charge is -2.17. The van der Waals surface area contributed by atoms with Gasteiger partial charge in [0.2, 0.25) is 10.0 Å². The lowest BCUT2D eigenvalue weighted by Crippen LogP contribution is -2.27. The van der Waals surface area contributed by atoms with Gasteiger partial charge in [-0.25, -0.2) is 8.42 Å². The number of amides is 1. The van der Waals surface area contributed by atoms with Crippen molar-refractivity contribution in [2.75, 3.05) is 25.0 Å². The fourth-order valence-electron chi connectivity index (χ4n) is 2.90. The fourth-order valence-corrected chi connectivity index (χ4v) is 4.62. The summed E-state index contributed by atoms with van der Waals surface area (Å²) in [4.78, 5) is 12.3. The summed E-state index contributed by atoms with van der Waals surface area (Å²) in [6, 6.07) is 11.5. The van der Waals surface area contributed by atoms with E-state index in [1.165, 1.54) is 10.4 Å². The molecule has 0 radical (unpaired) electrons. The van der Waals surface area contributed by atoms with Gasteiger partial charge in [0.25, 0.3) is 5.91 Å². The van der Waals surface area contributed by atoms with Crippen LogP contribution in [0.1, 0.15) is 18.4 Å². The van der Waals surface area contributed by atoms with E-state index < -0.39 is 10.0 Å². The lowest BCUT2D eigenvalue weighted by molar-refractivity contribution is -0.118. The van der Waals surface area contributed by atoms with Gasteiger partial charge in [0.15, 0.2) is 6.61 Å². The Morgan fingerprint density at radius 2 is 1.81 bits per heavy atom. The zero-order valence-corrected chi connectivity index (χ0v) is 16.5. The summed E-state index contributed by atoms with van der Waals surface area (Å²) < 4.78 is 32.2. The summed E-state index contributed by atoms with van der Waals surface area (Å²) in [5.74, 6) is 0.159. The SMILES string of the molecule is Cc1cc(S(=O)(=O)N2CCCC2)ccc1OCC(=O)Nc1ccc(Cl)cc1. The van der Waals surface area contributed by atoms with E-state index in [1.807, 2.05) is 0 Å². The van der Waals surface area contributed by atoms with Crippen molar-refractivity contribution < 1.29 is 17.9 Å². The molecule has 1 N–H and O–H groups in total. The van der Waals surface area contributed by atoms with Crippen molar-refractivity contribution in [3.63, 3.8) is 0 Å². The van der Waals surface area contributed by atoms with Crippen LogP contribution in [-0.2, 0) is 14.8 Å². The Morgan fingerprint density at radius 1 is 1.15 bits per heavy atom. The summed E-state index contributed by atoms with van der Waals surface area (Å²) in [6.07, 6.45) is 1.78. The number of benzene rings is 2. The number of hydrogen-bond acceptors (Lipinski definition) is 4. The highest BCUT2D eigenvalue weighted by Crippen LogP contribution is 2.26. The van der Waals surface area contributed by atoms with Crippen LogP contribution in [0.3, 0.4) is 0 Å². The van der Waals surface area contributed by atoms with Crippen LogP contribution in [0.5, 0.6) is 5.75 Å². The van der Waals surface area contributed by atoms with Gasteiger partial charge in [-0.1, -0.05) is 11.6 Å². The molecule has 0 aromatic heterocycles. The molecule has 1 aliphatic heterocycles. The Hall–Kier alpha value is -2.09. The van der Waals surface area contributed by atoms with E-state index in [-0.39, 0.29) is 17.4 Å². The molecule has 3 rings (SSSR count). The summed E-state index contributed by atoms with van der Waals surface area (Å²) in [5, 5.41) is 3.29. The molecule has 8 heteroatoms. The second kappa shape index (κ2) is 8.29. The molecule has 0 saturated carbocycles. The third-order valence-electron chi connectivity index (χ3n) is 4.34. The van der Waals surface area contributed by atoms with Crippen LogP contribution in [0.15, 0.2) is 47.4 Å². The van der Waals surface area contributed by atoms with Gasteiger partial charge in [-0.05, 0) is 67.8 Å². The number of rotatable bonds is 6. The monoisotopic (exact) mass is 408 g/mol. The highest BCUT2D eigenvalue weighted by molar-refractivity contribution is 7.89. The first-order valence-corrected chi connectivity index (χ1v) is 10.5. The molecule has 27 heavy (non-hydrogen) atoms. The maximum atomic E-state index is 12.6. The molecule has 0 bridgehead atoms. The summed E-state index contributed by atoms with van der Waals surface area (Å²) >= 11 is 5.81. The highest BCUT2D eigenvalue weighted by Gasteiger charge is 2.27. The Morgan fingerprint density at radius 3 is 2.44 bits per heavy atom. The molecule has 1 fully saturated rings. The molecule has 6 nitrogen and oxygen atoms in total. The second-order valence-corrected chi connectivity index (χ2v) is 8.76. The van der Waals surface area contributed by atoms with Crippen molar-refractivity contribution >= 4 is 33.2 Å². The third kappa shape index (κ3) is 4.80. The van der Waals surface area contributed by atoms with Crippen molar-refractivity contribution in [2.45, 2.75) is 24.7 Å². The Bertz CT molecular complexity index is 923. The fraction of sp³-hybridized carbons (Fsp3) is 0.316. The van der Waals surface area contributed by atoms with Crippen molar-refractivity contribution in [1.82, 2.24) is 4.31 Å². The molecule has 144 valence electrons. The van der Waals surface area contributed by atoms with Gasteiger partial charge in [0.1, 0.15) is 5.75 Å². The number of nitrogens with one attached hydrogen (secondary N) is 1. The molecule has 2 aromatic rings. The molecule has 0 unspecified atom stereocenters. The molecule has 0 spiro atoms. The number of anilines is 1. The first kappa shape index (κ1) is 19.7. The van der Waals surface area contributed by atoms with Crippen LogP contribution in [0.25, 0.3) is 0 Å². The predicted octanol–water partition coefficient (Wildman–Crippen LogP) is 3.45. The summed E-state index contributed by atoms with van der Waals surface area (Å²) in [6.45, 7) is 2.70. The number of nitrogens with zero attached hydrogens (tertiary/aromatic N) is 1. The van der Waals surface area contributed by atoms with E-state index in [1.54, 1.807) is 43.3 Å². The van der Waals surface area contributed by atoms with Gasteiger partial charge in [-0.3, -0.25) is 4.79 Å². The maximum Gasteiger partial charge on any atom is 0.262 e. The molecular weight excluding hydrogens is 388 g/mol. The molecule has 2 aromatic carbocycles. The molecular formula is C19H21ClN2O4S. The van der Waals surface area contributed by atoms with Gasteiger partial charge >= 0.3 is 0 Å². The Balaban J connectivity index is 1.62. The van der Waals surface area contributed by atoms with E-state index in [0.29, 0.717) is 35.1 Å². The molecule has 0 atom stereocenters. The van der Waals surface area contributed by atoms with E-state index >= 15 is 0 Å². The van der Waals surface area contributed by atoms with Crippen LogP contribution in [-0.4, -0.2) is 38.3 Å². The van der Waals surface area contributed by atoms with Crippen LogP contribution >= 0.6 is 11.6 Å². The van der Waals surface area contributed by atoms with Gasteiger partial charge in [-0.15, -0.1) is 0 Å². The number of carbonyl (C=O) groups excluding carboxylic acids is 1. The number of ether oxygens (including phenoxy) is 1. The lowest BCUT2D eigenvalue weighted by atomic mass is 10.2. The first-order chi connectivity index (χ1) is 12.9. The Labute approximate surface area is 164 Å². The molecule has 1 heterocycles. The normalized spacial score (nSPS) is 14.9. The first-order valence-electron chi connectivity index (χ1n) is 8.65. The van der Waals surface area contributed by atoms with E-state index in [2.05, 4.69) is 5.32 Å². The zero-order chi connectivity index (χ0) is 19.4. The topological polar surface area (TPSA) is 75.7 Å².